The van der Waals surface area contributed by atoms with Gasteiger partial charge in [-0.2, -0.15) is 4.37 Å². The first kappa shape index (κ1) is 22.1. The van der Waals surface area contributed by atoms with Gasteiger partial charge >= 0.3 is 0 Å². The number of halogens is 1. The van der Waals surface area contributed by atoms with Crippen molar-refractivity contribution < 1.29 is 23.9 Å². The minimum absolute atomic E-state index is 0.208. The summed E-state index contributed by atoms with van der Waals surface area (Å²) in [4.78, 5) is 17.9. The summed E-state index contributed by atoms with van der Waals surface area (Å²) >= 11 is 1.22. The lowest BCUT2D eigenvalue weighted by molar-refractivity contribution is -0.178. The van der Waals surface area contributed by atoms with Crippen molar-refractivity contribution in [2.24, 2.45) is 0 Å². The van der Waals surface area contributed by atoms with Crippen LogP contribution in [0.1, 0.15) is 36.2 Å². The summed E-state index contributed by atoms with van der Waals surface area (Å²) in [5.41, 5.74) is 4.23. The molecule has 0 radical (unpaired) electrons. The van der Waals surface area contributed by atoms with Crippen LogP contribution in [0, 0.1) is 12.7 Å². The van der Waals surface area contributed by atoms with E-state index >= 15 is 0 Å². The van der Waals surface area contributed by atoms with E-state index in [9.17, 15) is 14.3 Å². The van der Waals surface area contributed by atoms with Crippen molar-refractivity contribution in [3.63, 3.8) is 0 Å². The third-order valence-electron chi connectivity index (χ3n) is 4.16. The number of anilines is 2. The second-order valence-corrected chi connectivity index (χ2v) is 8.07. The number of amides is 1. The number of hydroxylamine groups is 1. The zero-order chi connectivity index (χ0) is 21.7. The molecule has 7 nitrogen and oxygen atoms in total. The summed E-state index contributed by atoms with van der Waals surface area (Å²) in [7, 11) is 0. The Morgan fingerprint density at radius 3 is 2.80 bits per heavy atom. The lowest BCUT2D eigenvalue weighted by Gasteiger charge is -2.18. The summed E-state index contributed by atoms with van der Waals surface area (Å²) in [6, 6.07) is 8.26. The Hall–Kier alpha value is -2.59. The number of benzene rings is 2. The molecule has 2 aromatic carbocycles. The van der Waals surface area contributed by atoms with E-state index in [0.717, 1.165) is 15.6 Å². The molecule has 3 rings (SSSR count). The van der Waals surface area contributed by atoms with E-state index in [4.69, 9.17) is 9.57 Å². The van der Waals surface area contributed by atoms with Crippen molar-refractivity contribution in [1.29, 1.82) is 0 Å². The first-order chi connectivity index (χ1) is 14.2. The van der Waals surface area contributed by atoms with Gasteiger partial charge in [-0.3, -0.25) is 9.63 Å². The number of aryl methyl sites for hydroxylation is 1. The Kier molecular flexibility index (Phi) is 6.99. The number of carbonyl (C=O) groups excluding carboxylic acids is 1. The molecule has 160 valence electrons. The SMILES string of the molecule is Cc1ccc(Nc2c(C(=O)NOCCCOC(C)(C)O)ccc3cnsc23)c(F)c1. The van der Waals surface area contributed by atoms with Crippen molar-refractivity contribution >= 4 is 38.9 Å². The molecule has 0 bridgehead atoms. The highest BCUT2D eigenvalue weighted by Crippen LogP contribution is 2.34. The quantitative estimate of drug-likeness (QED) is 0.265. The van der Waals surface area contributed by atoms with E-state index in [-0.39, 0.29) is 18.9 Å². The van der Waals surface area contributed by atoms with Gasteiger partial charge in [-0.15, -0.1) is 0 Å². The normalized spacial score (nSPS) is 11.6. The topological polar surface area (TPSA) is 92.7 Å². The minimum atomic E-state index is -1.21. The lowest BCUT2D eigenvalue weighted by atomic mass is 10.1. The average Bonchev–Trinajstić information content (AvgIpc) is 3.15. The van der Waals surface area contributed by atoms with E-state index in [0.29, 0.717) is 17.7 Å². The van der Waals surface area contributed by atoms with E-state index in [1.807, 2.05) is 0 Å². The number of aliphatic hydroxyl groups is 1. The second kappa shape index (κ2) is 9.48. The Morgan fingerprint density at radius 2 is 2.07 bits per heavy atom. The third kappa shape index (κ3) is 5.73. The number of fused-ring (bicyclic) bond motifs is 1. The molecule has 1 aromatic heterocycles. The standard InChI is InChI=1S/C21H24FN3O4S/c1-13-5-8-17(16(22)11-13)24-18-15(7-6-14-12-23-30-19(14)18)20(26)25-29-10-4-9-28-21(2,3)27/h5-8,11-12,24,27H,4,9-10H2,1-3H3,(H,25,26). The molecule has 9 heteroatoms. The van der Waals surface area contributed by atoms with Crippen LogP contribution in [0.25, 0.3) is 10.1 Å². The number of rotatable bonds is 9. The molecule has 0 aliphatic rings. The van der Waals surface area contributed by atoms with Crippen LogP contribution in [-0.4, -0.2) is 34.4 Å². The second-order valence-electron chi connectivity index (χ2n) is 7.27. The Labute approximate surface area is 177 Å². The van der Waals surface area contributed by atoms with Crippen LogP contribution < -0.4 is 10.8 Å². The molecule has 0 fully saturated rings. The van der Waals surface area contributed by atoms with Gasteiger partial charge in [-0.25, -0.2) is 9.87 Å². The summed E-state index contributed by atoms with van der Waals surface area (Å²) in [5.74, 6) is -2.09. The molecule has 0 saturated heterocycles. The molecule has 0 spiro atoms. The van der Waals surface area contributed by atoms with Gasteiger partial charge in [0.1, 0.15) is 5.82 Å². The molecule has 3 N–H and O–H groups in total. The molecule has 1 amide bonds. The highest BCUT2D eigenvalue weighted by Gasteiger charge is 2.18. The van der Waals surface area contributed by atoms with E-state index in [1.54, 1.807) is 37.4 Å². The van der Waals surface area contributed by atoms with Gasteiger partial charge in [0.15, 0.2) is 5.79 Å². The largest absolute Gasteiger partial charge is 0.366 e. The van der Waals surface area contributed by atoms with Gasteiger partial charge in [0.2, 0.25) is 0 Å². The van der Waals surface area contributed by atoms with Gasteiger partial charge in [0, 0.05) is 11.6 Å². The maximum atomic E-state index is 14.4. The average molecular weight is 434 g/mol. The predicted octanol–water partition coefficient (Wildman–Crippen LogP) is 4.28. The summed E-state index contributed by atoms with van der Waals surface area (Å²) in [6.07, 6.45) is 2.18. The highest BCUT2D eigenvalue weighted by atomic mass is 32.1. The van der Waals surface area contributed by atoms with Crippen LogP contribution in [0.2, 0.25) is 0 Å². The number of carbonyl (C=O) groups is 1. The molecule has 30 heavy (non-hydrogen) atoms. The van der Waals surface area contributed by atoms with Crippen molar-refractivity contribution in [2.75, 3.05) is 18.5 Å². The molecule has 0 atom stereocenters. The van der Waals surface area contributed by atoms with Gasteiger partial charge in [0.05, 0.1) is 34.9 Å². The molecule has 0 aliphatic heterocycles. The molecule has 3 aromatic rings. The van der Waals surface area contributed by atoms with Crippen molar-refractivity contribution in [3.05, 3.63) is 53.5 Å². The summed E-state index contributed by atoms with van der Waals surface area (Å²) in [6.45, 7) is 5.37. The zero-order valence-electron chi connectivity index (χ0n) is 17.0. The fourth-order valence-electron chi connectivity index (χ4n) is 2.73. The first-order valence-electron chi connectivity index (χ1n) is 9.43. The van der Waals surface area contributed by atoms with Crippen molar-refractivity contribution in [3.8, 4) is 0 Å². The molecule has 1 heterocycles. The maximum Gasteiger partial charge on any atom is 0.277 e. The Balaban J connectivity index is 1.72. The lowest BCUT2D eigenvalue weighted by Crippen LogP contribution is -2.27. The van der Waals surface area contributed by atoms with Crippen LogP contribution >= 0.6 is 11.5 Å². The van der Waals surface area contributed by atoms with Crippen molar-refractivity contribution in [1.82, 2.24) is 9.85 Å². The van der Waals surface area contributed by atoms with Crippen LogP contribution in [0.4, 0.5) is 15.8 Å². The first-order valence-corrected chi connectivity index (χ1v) is 10.2. The van der Waals surface area contributed by atoms with E-state index in [2.05, 4.69) is 15.2 Å². The minimum Gasteiger partial charge on any atom is -0.366 e. The van der Waals surface area contributed by atoms with E-state index in [1.165, 1.54) is 31.4 Å². The van der Waals surface area contributed by atoms with Crippen LogP contribution in [0.15, 0.2) is 36.5 Å². The maximum absolute atomic E-state index is 14.4. The summed E-state index contributed by atoms with van der Waals surface area (Å²) < 4.78 is 24.5. The van der Waals surface area contributed by atoms with Gasteiger partial charge in [0.25, 0.3) is 5.91 Å². The monoisotopic (exact) mass is 433 g/mol. The third-order valence-corrected chi connectivity index (χ3v) is 5.00. The van der Waals surface area contributed by atoms with Gasteiger partial charge < -0.3 is 15.2 Å². The van der Waals surface area contributed by atoms with Crippen molar-refractivity contribution in [2.45, 2.75) is 33.0 Å². The number of hydrogen-bond acceptors (Lipinski definition) is 7. The molecular formula is C21H24FN3O4S. The Morgan fingerprint density at radius 1 is 1.27 bits per heavy atom. The van der Waals surface area contributed by atoms with Crippen LogP contribution in [0.5, 0.6) is 0 Å². The number of nitrogens with one attached hydrogen (secondary N) is 2. The number of aromatic nitrogens is 1. The molecular weight excluding hydrogens is 409 g/mol. The fourth-order valence-corrected chi connectivity index (χ4v) is 3.48. The zero-order valence-corrected chi connectivity index (χ0v) is 17.8. The molecule has 0 aliphatic carbocycles. The molecule has 0 saturated carbocycles. The van der Waals surface area contributed by atoms with Crippen LogP contribution in [0.3, 0.4) is 0 Å². The number of nitrogens with zero attached hydrogens (tertiary/aromatic N) is 1. The van der Waals surface area contributed by atoms with Crippen LogP contribution in [-0.2, 0) is 9.57 Å². The predicted molar refractivity (Wildman–Crippen MR) is 114 cm³/mol. The van der Waals surface area contributed by atoms with Gasteiger partial charge in [-0.05, 0) is 62.5 Å². The van der Waals surface area contributed by atoms with Gasteiger partial charge in [-0.1, -0.05) is 12.1 Å². The molecule has 0 unspecified atom stereocenters. The smallest absolute Gasteiger partial charge is 0.277 e. The number of hydrogen-bond donors (Lipinski definition) is 3. The number of ether oxygens (including phenoxy) is 1. The fraction of sp³-hybridized carbons (Fsp3) is 0.333. The highest BCUT2D eigenvalue weighted by molar-refractivity contribution is 7.14. The Bertz CT molecular complexity index is 1030. The van der Waals surface area contributed by atoms with E-state index < -0.39 is 17.5 Å². The summed E-state index contributed by atoms with van der Waals surface area (Å²) in [5, 5.41) is 13.4.